The van der Waals surface area contributed by atoms with E-state index in [1.165, 1.54) is 0 Å². The maximum Gasteiger partial charge on any atom is 0.410 e. The third-order valence-corrected chi connectivity index (χ3v) is 5.52. The minimum Gasteiger partial charge on any atom is -0.441 e. The molecule has 0 saturated carbocycles. The maximum absolute atomic E-state index is 11.7. The highest BCUT2D eigenvalue weighted by atomic mass is 35.5. The summed E-state index contributed by atoms with van der Waals surface area (Å²) < 4.78 is 5.67. The monoisotopic (exact) mass is 362 g/mol. The number of imidazole rings is 1. The van der Waals surface area contributed by atoms with Gasteiger partial charge < -0.3 is 19.5 Å². The zero-order chi connectivity index (χ0) is 17.4. The van der Waals surface area contributed by atoms with Gasteiger partial charge in [0.15, 0.2) is 0 Å². The van der Waals surface area contributed by atoms with Gasteiger partial charge in [0, 0.05) is 38.0 Å². The third-order valence-electron chi connectivity index (χ3n) is 5.29. The second kappa shape index (κ2) is 6.50. The third kappa shape index (κ3) is 3.46. The van der Waals surface area contributed by atoms with Crippen LogP contribution < -0.4 is 0 Å². The van der Waals surface area contributed by atoms with Crippen molar-refractivity contribution in [3.8, 4) is 0 Å². The lowest BCUT2D eigenvalue weighted by molar-refractivity contribution is 0.0445. The lowest BCUT2D eigenvalue weighted by Crippen LogP contribution is -2.35. The molecule has 4 rings (SSSR count). The summed E-state index contributed by atoms with van der Waals surface area (Å²) in [6, 6.07) is 5.72. The standard InChI is InChI=1S/C18H23ClN4O2/c1-22-12-18(25-17(22)24)6-2-8-23(10-7-18)9-5-16-20-14-4-3-13(19)11-15(14)21-16/h3-4,11H,2,5-10,12H2,1H3,(H,20,21). The van der Waals surface area contributed by atoms with E-state index < -0.39 is 0 Å². The maximum atomic E-state index is 11.7. The molecule has 25 heavy (non-hydrogen) atoms. The molecule has 6 nitrogen and oxygen atoms in total. The molecule has 7 heteroatoms. The molecule has 1 aromatic carbocycles. The Bertz CT molecular complexity index is 792. The number of nitrogens with one attached hydrogen (secondary N) is 1. The van der Waals surface area contributed by atoms with Gasteiger partial charge in [0.05, 0.1) is 17.6 Å². The molecule has 2 aliphatic heterocycles. The van der Waals surface area contributed by atoms with Gasteiger partial charge in [0.25, 0.3) is 0 Å². The van der Waals surface area contributed by atoms with Crippen LogP contribution in [0.2, 0.25) is 5.02 Å². The van der Waals surface area contributed by atoms with E-state index in [4.69, 9.17) is 16.3 Å². The highest BCUT2D eigenvalue weighted by Crippen LogP contribution is 2.32. The largest absolute Gasteiger partial charge is 0.441 e. The van der Waals surface area contributed by atoms with Crippen molar-refractivity contribution in [1.82, 2.24) is 19.8 Å². The van der Waals surface area contributed by atoms with Gasteiger partial charge in [-0.3, -0.25) is 0 Å². The lowest BCUT2D eigenvalue weighted by atomic mass is 9.95. The average Bonchev–Trinajstić information content (AvgIpc) is 3.02. The Morgan fingerprint density at radius 3 is 3.04 bits per heavy atom. The minimum absolute atomic E-state index is 0.186. The number of rotatable bonds is 3. The first kappa shape index (κ1) is 16.7. The molecular weight excluding hydrogens is 340 g/mol. The quantitative estimate of drug-likeness (QED) is 0.911. The van der Waals surface area contributed by atoms with Crippen molar-refractivity contribution >= 4 is 28.7 Å². The summed E-state index contributed by atoms with van der Waals surface area (Å²) >= 11 is 6.03. The first-order valence-corrected chi connectivity index (χ1v) is 9.21. The van der Waals surface area contributed by atoms with Crippen molar-refractivity contribution in [2.75, 3.05) is 33.2 Å². The van der Waals surface area contributed by atoms with E-state index in [9.17, 15) is 4.79 Å². The molecule has 1 unspecified atom stereocenters. The molecule has 134 valence electrons. The van der Waals surface area contributed by atoms with E-state index in [1.807, 2.05) is 25.2 Å². The number of carbonyl (C=O) groups is 1. The number of carbonyl (C=O) groups excluding carboxylic acids is 1. The van der Waals surface area contributed by atoms with Crippen LogP contribution in [0.5, 0.6) is 0 Å². The number of hydrogen-bond donors (Lipinski definition) is 1. The predicted octanol–water partition coefficient (Wildman–Crippen LogP) is 3.07. The number of benzene rings is 1. The van der Waals surface area contributed by atoms with Gasteiger partial charge in [-0.1, -0.05) is 11.6 Å². The smallest absolute Gasteiger partial charge is 0.410 e. The van der Waals surface area contributed by atoms with Gasteiger partial charge in [-0.2, -0.15) is 0 Å². The van der Waals surface area contributed by atoms with Crippen LogP contribution in [-0.4, -0.2) is 64.7 Å². The number of likely N-dealkylation sites (N-methyl/N-ethyl adjacent to an activating group) is 1. The number of aromatic amines is 1. The summed E-state index contributed by atoms with van der Waals surface area (Å²) in [6.45, 7) is 3.65. The molecule has 2 saturated heterocycles. The van der Waals surface area contributed by atoms with E-state index in [1.54, 1.807) is 4.90 Å². The molecule has 0 bridgehead atoms. The summed E-state index contributed by atoms with van der Waals surface area (Å²) in [6.07, 6.45) is 3.59. The topological polar surface area (TPSA) is 61.5 Å². The highest BCUT2D eigenvalue weighted by Gasteiger charge is 2.44. The molecule has 2 aliphatic rings. The van der Waals surface area contributed by atoms with Crippen LogP contribution in [0.4, 0.5) is 4.79 Å². The first-order chi connectivity index (χ1) is 12.0. The zero-order valence-corrected chi connectivity index (χ0v) is 15.2. The van der Waals surface area contributed by atoms with Crippen molar-refractivity contribution < 1.29 is 9.53 Å². The molecule has 1 atom stereocenters. The van der Waals surface area contributed by atoms with Crippen molar-refractivity contribution in [3.63, 3.8) is 0 Å². The summed E-state index contributed by atoms with van der Waals surface area (Å²) in [4.78, 5) is 23.9. The fourth-order valence-electron chi connectivity index (χ4n) is 3.92. The van der Waals surface area contributed by atoms with Crippen LogP contribution in [0.1, 0.15) is 25.1 Å². The molecule has 2 aromatic rings. The molecule has 1 amide bonds. The van der Waals surface area contributed by atoms with E-state index in [0.717, 1.165) is 67.2 Å². The van der Waals surface area contributed by atoms with Gasteiger partial charge in [0.1, 0.15) is 11.4 Å². The number of hydrogen-bond acceptors (Lipinski definition) is 4. The second-order valence-corrected chi connectivity index (χ2v) is 7.63. The van der Waals surface area contributed by atoms with Gasteiger partial charge in [-0.05, 0) is 37.6 Å². The van der Waals surface area contributed by atoms with E-state index in [0.29, 0.717) is 6.54 Å². The second-order valence-electron chi connectivity index (χ2n) is 7.20. The highest BCUT2D eigenvalue weighted by molar-refractivity contribution is 6.31. The summed E-state index contributed by atoms with van der Waals surface area (Å²) in [5.41, 5.74) is 1.66. The number of halogens is 1. The van der Waals surface area contributed by atoms with Crippen LogP contribution >= 0.6 is 11.6 Å². The summed E-state index contributed by atoms with van der Waals surface area (Å²) in [5, 5.41) is 0.719. The van der Waals surface area contributed by atoms with E-state index >= 15 is 0 Å². The van der Waals surface area contributed by atoms with Crippen molar-refractivity contribution in [2.24, 2.45) is 0 Å². The molecule has 2 fully saturated rings. The van der Waals surface area contributed by atoms with Crippen LogP contribution in [0.25, 0.3) is 11.0 Å². The normalized spacial score (nSPS) is 24.9. The molecule has 1 spiro atoms. The predicted molar refractivity (Wildman–Crippen MR) is 96.9 cm³/mol. The summed E-state index contributed by atoms with van der Waals surface area (Å²) in [7, 11) is 1.81. The van der Waals surface area contributed by atoms with Gasteiger partial charge in [-0.25, -0.2) is 9.78 Å². The van der Waals surface area contributed by atoms with Crippen molar-refractivity contribution in [1.29, 1.82) is 0 Å². The van der Waals surface area contributed by atoms with Gasteiger partial charge in [0.2, 0.25) is 0 Å². The Balaban J connectivity index is 1.36. The Morgan fingerprint density at radius 1 is 1.36 bits per heavy atom. The zero-order valence-electron chi connectivity index (χ0n) is 14.4. The molecular formula is C18H23ClN4O2. The Labute approximate surface area is 152 Å². The number of ether oxygens (including phenoxy) is 1. The van der Waals surface area contributed by atoms with Crippen molar-refractivity contribution in [3.05, 3.63) is 29.0 Å². The molecule has 1 aromatic heterocycles. The van der Waals surface area contributed by atoms with Crippen LogP contribution in [0, 0.1) is 0 Å². The van der Waals surface area contributed by atoms with Gasteiger partial charge >= 0.3 is 6.09 Å². The van der Waals surface area contributed by atoms with Crippen molar-refractivity contribution in [2.45, 2.75) is 31.3 Å². The van der Waals surface area contributed by atoms with Crippen LogP contribution in [0.15, 0.2) is 18.2 Å². The van der Waals surface area contributed by atoms with E-state index in [-0.39, 0.29) is 11.7 Å². The molecule has 1 N–H and O–H groups in total. The van der Waals surface area contributed by atoms with Crippen LogP contribution in [-0.2, 0) is 11.2 Å². The fraction of sp³-hybridized carbons (Fsp3) is 0.556. The number of aromatic nitrogens is 2. The molecule has 0 aliphatic carbocycles. The molecule has 0 radical (unpaired) electrons. The average molecular weight is 363 g/mol. The van der Waals surface area contributed by atoms with Crippen LogP contribution in [0.3, 0.4) is 0 Å². The fourth-order valence-corrected chi connectivity index (χ4v) is 4.09. The lowest BCUT2D eigenvalue weighted by Gasteiger charge is -2.25. The van der Waals surface area contributed by atoms with Gasteiger partial charge in [-0.15, -0.1) is 0 Å². The Hall–Kier alpha value is -1.79. The number of amides is 1. The summed E-state index contributed by atoms with van der Waals surface area (Å²) in [5.74, 6) is 0.989. The van der Waals surface area contributed by atoms with E-state index in [2.05, 4.69) is 14.9 Å². The number of H-pyrrole nitrogens is 1. The first-order valence-electron chi connectivity index (χ1n) is 8.84. The minimum atomic E-state index is -0.281. The number of likely N-dealkylation sites (tertiary alicyclic amines) is 1. The number of nitrogens with zero attached hydrogens (tertiary/aromatic N) is 3. The Kier molecular flexibility index (Phi) is 4.33. The molecule has 3 heterocycles. The number of fused-ring (bicyclic) bond motifs is 1. The SMILES string of the molecule is CN1CC2(CCCN(CCc3nc4ccc(Cl)cc4[nH]3)CC2)OC1=O. The Morgan fingerprint density at radius 2 is 2.24 bits per heavy atom.